The van der Waals surface area contributed by atoms with Crippen LogP contribution < -0.4 is 15.9 Å². The SMILES string of the molecule is COC(CNCP(=O)(c1ccc(C)cc1)c1ccc(C)cc1)OC. The first-order valence-corrected chi connectivity index (χ1v) is 9.88. The minimum absolute atomic E-state index is 0.352. The Kier molecular flexibility index (Phi) is 6.76. The van der Waals surface area contributed by atoms with E-state index in [1.807, 2.05) is 62.4 Å². The van der Waals surface area contributed by atoms with E-state index in [2.05, 4.69) is 5.32 Å². The third-order valence-electron chi connectivity index (χ3n) is 4.07. The molecule has 1 N–H and O–H groups in total. The van der Waals surface area contributed by atoms with Gasteiger partial charge >= 0.3 is 0 Å². The Hall–Kier alpha value is -1.45. The summed E-state index contributed by atoms with van der Waals surface area (Å²) in [5.41, 5.74) is 2.31. The first-order valence-electron chi connectivity index (χ1n) is 7.99. The maximum absolute atomic E-state index is 13.9. The van der Waals surface area contributed by atoms with E-state index in [9.17, 15) is 4.57 Å². The molecule has 0 aliphatic rings. The van der Waals surface area contributed by atoms with Gasteiger partial charge in [0.25, 0.3) is 0 Å². The normalized spacial score (nSPS) is 11.9. The fourth-order valence-electron chi connectivity index (χ4n) is 2.51. The summed E-state index contributed by atoms with van der Waals surface area (Å²) in [5, 5.41) is 4.96. The lowest BCUT2D eigenvalue weighted by atomic mass is 10.2. The quantitative estimate of drug-likeness (QED) is 0.589. The highest BCUT2D eigenvalue weighted by Gasteiger charge is 2.27. The van der Waals surface area contributed by atoms with Gasteiger partial charge in [0.05, 0.1) is 6.29 Å². The largest absolute Gasteiger partial charge is 0.355 e. The molecule has 2 aromatic rings. The van der Waals surface area contributed by atoms with Crippen molar-refractivity contribution < 1.29 is 14.0 Å². The lowest BCUT2D eigenvalue weighted by Crippen LogP contribution is -2.33. The van der Waals surface area contributed by atoms with Gasteiger partial charge in [-0.25, -0.2) is 0 Å². The highest BCUT2D eigenvalue weighted by molar-refractivity contribution is 7.78. The summed E-state index contributed by atoms with van der Waals surface area (Å²) in [5.74, 6) is 0. The molecule has 0 radical (unpaired) electrons. The molecule has 0 spiro atoms. The molecule has 0 atom stereocenters. The van der Waals surface area contributed by atoms with Crippen LogP contribution in [-0.2, 0) is 14.0 Å². The van der Waals surface area contributed by atoms with Crippen LogP contribution in [0.4, 0.5) is 0 Å². The van der Waals surface area contributed by atoms with Gasteiger partial charge in [-0.2, -0.15) is 0 Å². The van der Waals surface area contributed by atoms with Gasteiger partial charge in [0, 0.05) is 31.4 Å². The van der Waals surface area contributed by atoms with Crippen LogP contribution in [0.15, 0.2) is 48.5 Å². The Morgan fingerprint density at radius 3 is 1.67 bits per heavy atom. The molecular weight excluding hydrogens is 321 g/mol. The molecule has 0 amide bonds. The van der Waals surface area contributed by atoms with E-state index < -0.39 is 7.14 Å². The predicted octanol–water partition coefficient (Wildman–Crippen LogP) is 2.78. The predicted molar refractivity (Wildman–Crippen MR) is 99.9 cm³/mol. The van der Waals surface area contributed by atoms with Crippen molar-refractivity contribution in [2.75, 3.05) is 27.1 Å². The van der Waals surface area contributed by atoms with E-state index in [4.69, 9.17) is 9.47 Å². The van der Waals surface area contributed by atoms with Crippen molar-refractivity contribution in [3.8, 4) is 0 Å². The summed E-state index contributed by atoms with van der Waals surface area (Å²) in [6.07, 6.45) is 0.0111. The van der Waals surface area contributed by atoms with Crippen LogP contribution in [0.2, 0.25) is 0 Å². The second kappa shape index (κ2) is 8.59. The summed E-state index contributed by atoms with van der Waals surface area (Å²) in [4.78, 5) is 0. The van der Waals surface area contributed by atoms with Crippen molar-refractivity contribution in [2.45, 2.75) is 20.1 Å². The standard InChI is InChI=1S/C19H26NO3P/c1-15-5-9-17(10-6-15)24(21,14-20-13-19(22-3)23-4)18-11-7-16(2)8-12-18/h5-12,19-20H,13-14H2,1-4H3. The Morgan fingerprint density at radius 2 is 1.29 bits per heavy atom. The van der Waals surface area contributed by atoms with Crippen molar-refractivity contribution in [3.05, 3.63) is 59.7 Å². The van der Waals surface area contributed by atoms with Gasteiger partial charge in [-0.3, -0.25) is 0 Å². The molecule has 0 fully saturated rings. The number of nitrogens with one attached hydrogen (secondary N) is 1. The zero-order chi connectivity index (χ0) is 17.6. The van der Waals surface area contributed by atoms with Gasteiger partial charge in [0.15, 0.2) is 13.4 Å². The maximum atomic E-state index is 13.9. The van der Waals surface area contributed by atoms with Crippen LogP contribution in [0.1, 0.15) is 11.1 Å². The second-order valence-corrected chi connectivity index (χ2v) is 8.75. The zero-order valence-corrected chi connectivity index (χ0v) is 15.7. The second-order valence-electron chi connectivity index (χ2n) is 5.92. The first kappa shape index (κ1) is 18.9. The van der Waals surface area contributed by atoms with Crippen molar-refractivity contribution in [2.24, 2.45) is 0 Å². The van der Waals surface area contributed by atoms with Gasteiger partial charge < -0.3 is 19.4 Å². The topological polar surface area (TPSA) is 47.6 Å². The molecule has 2 rings (SSSR count). The fraction of sp³-hybridized carbons (Fsp3) is 0.368. The molecular formula is C19H26NO3P. The molecule has 0 heterocycles. The molecule has 0 aliphatic carbocycles. The summed E-state index contributed by atoms with van der Waals surface area (Å²) in [6.45, 7) is 4.54. The average molecular weight is 347 g/mol. The van der Waals surface area contributed by atoms with Crippen LogP contribution in [0.25, 0.3) is 0 Å². The highest BCUT2D eigenvalue weighted by Crippen LogP contribution is 2.42. The molecule has 0 bridgehead atoms. The number of hydrogen-bond acceptors (Lipinski definition) is 4. The minimum atomic E-state index is -2.76. The van der Waals surface area contributed by atoms with Crippen molar-refractivity contribution in [3.63, 3.8) is 0 Å². The molecule has 5 heteroatoms. The van der Waals surface area contributed by atoms with E-state index >= 15 is 0 Å². The molecule has 0 aliphatic heterocycles. The van der Waals surface area contributed by atoms with Gasteiger partial charge in [-0.15, -0.1) is 0 Å². The summed E-state index contributed by atoms with van der Waals surface area (Å²) in [7, 11) is 0.422. The third kappa shape index (κ3) is 4.55. The fourth-order valence-corrected chi connectivity index (χ4v) is 4.87. The van der Waals surface area contributed by atoms with Gasteiger partial charge in [0.2, 0.25) is 0 Å². The Bertz CT molecular complexity index is 629. The van der Waals surface area contributed by atoms with Crippen molar-refractivity contribution >= 4 is 17.8 Å². The van der Waals surface area contributed by atoms with Crippen LogP contribution in [-0.4, -0.2) is 33.3 Å². The van der Waals surface area contributed by atoms with E-state index in [-0.39, 0.29) is 6.29 Å². The van der Waals surface area contributed by atoms with Crippen molar-refractivity contribution in [1.29, 1.82) is 0 Å². The molecule has 0 saturated carbocycles. The first-order chi connectivity index (χ1) is 11.5. The molecule has 2 aromatic carbocycles. The Balaban J connectivity index is 2.29. The molecule has 24 heavy (non-hydrogen) atoms. The number of rotatable bonds is 8. The van der Waals surface area contributed by atoms with Crippen molar-refractivity contribution in [1.82, 2.24) is 5.32 Å². The maximum Gasteiger partial charge on any atom is 0.169 e. The summed E-state index contributed by atoms with van der Waals surface area (Å²) < 4.78 is 24.2. The van der Waals surface area contributed by atoms with Crippen LogP contribution >= 0.6 is 7.14 Å². The highest BCUT2D eigenvalue weighted by atomic mass is 31.2. The Morgan fingerprint density at radius 1 is 0.875 bits per heavy atom. The molecule has 0 unspecified atom stereocenters. The zero-order valence-electron chi connectivity index (χ0n) is 14.8. The van der Waals surface area contributed by atoms with Crippen LogP contribution in [0.5, 0.6) is 0 Å². The van der Waals surface area contributed by atoms with Crippen LogP contribution in [0, 0.1) is 13.8 Å². The van der Waals surface area contributed by atoms with Crippen LogP contribution in [0.3, 0.4) is 0 Å². The molecule has 4 nitrogen and oxygen atoms in total. The van der Waals surface area contributed by atoms with E-state index in [0.717, 1.165) is 21.7 Å². The van der Waals surface area contributed by atoms with E-state index in [1.165, 1.54) is 0 Å². The number of hydrogen-bond donors (Lipinski definition) is 1. The molecule has 0 saturated heterocycles. The van der Waals surface area contributed by atoms with E-state index in [0.29, 0.717) is 12.8 Å². The smallest absolute Gasteiger partial charge is 0.169 e. The number of benzene rings is 2. The number of methoxy groups -OCH3 is 2. The van der Waals surface area contributed by atoms with E-state index in [1.54, 1.807) is 14.2 Å². The van der Waals surface area contributed by atoms with Gasteiger partial charge in [-0.05, 0) is 13.8 Å². The number of aryl methyl sites for hydroxylation is 2. The Labute approximate surface area is 144 Å². The monoisotopic (exact) mass is 347 g/mol. The third-order valence-corrected chi connectivity index (χ3v) is 7.01. The molecule has 130 valence electrons. The average Bonchev–Trinajstić information content (AvgIpc) is 2.59. The number of ether oxygens (including phenoxy) is 2. The summed E-state index contributed by atoms with van der Waals surface area (Å²) in [6, 6.07) is 15.9. The lowest BCUT2D eigenvalue weighted by Gasteiger charge is -2.22. The van der Waals surface area contributed by atoms with Gasteiger partial charge in [0.1, 0.15) is 0 Å². The summed E-state index contributed by atoms with van der Waals surface area (Å²) >= 11 is 0. The lowest BCUT2D eigenvalue weighted by molar-refractivity contribution is -0.0981. The van der Waals surface area contributed by atoms with Gasteiger partial charge in [-0.1, -0.05) is 59.7 Å². The molecule has 0 aromatic heterocycles. The minimum Gasteiger partial charge on any atom is -0.355 e.